The molecule has 0 radical (unpaired) electrons. The average Bonchev–Trinajstić information content (AvgIpc) is 2.67. The van der Waals surface area contributed by atoms with E-state index >= 15 is 0 Å². The van der Waals surface area contributed by atoms with Crippen molar-refractivity contribution in [2.75, 3.05) is 11.9 Å². The van der Waals surface area contributed by atoms with Gasteiger partial charge in [-0.2, -0.15) is 0 Å². The highest BCUT2D eigenvalue weighted by atomic mass is 35.5. The van der Waals surface area contributed by atoms with E-state index < -0.39 is 0 Å². The van der Waals surface area contributed by atoms with Crippen LogP contribution >= 0.6 is 12.4 Å². The lowest BCUT2D eigenvalue weighted by Crippen LogP contribution is -2.30. The first-order valence-corrected chi connectivity index (χ1v) is 7.10. The molecule has 1 N–H and O–H groups in total. The standard InChI is InChI=1S/C16H18N2O2.ClH/c1-2-20-16(19)14-9-5-8-13-15(18-14)10-11-6-3-4-7-12(11)17-13;/h3-4,6-7,10,14,18H,2,5,8-9H2,1H3;1H. The summed E-state index contributed by atoms with van der Waals surface area (Å²) in [7, 11) is 0. The normalized spacial score (nSPS) is 17.1. The van der Waals surface area contributed by atoms with Crippen LogP contribution in [0.1, 0.15) is 25.5 Å². The second kappa shape index (κ2) is 6.76. The fourth-order valence-corrected chi connectivity index (χ4v) is 2.62. The van der Waals surface area contributed by atoms with Crippen molar-refractivity contribution >= 4 is 35.0 Å². The summed E-state index contributed by atoms with van der Waals surface area (Å²) in [5.74, 6) is -0.173. The molecule has 0 fully saturated rings. The lowest BCUT2D eigenvalue weighted by atomic mass is 10.1. The third-order valence-corrected chi connectivity index (χ3v) is 3.61. The van der Waals surface area contributed by atoms with Gasteiger partial charge in [0.2, 0.25) is 0 Å². The number of pyridine rings is 1. The smallest absolute Gasteiger partial charge is 0.328 e. The summed E-state index contributed by atoms with van der Waals surface area (Å²) < 4.78 is 5.12. The molecular formula is C16H19ClN2O2. The lowest BCUT2D eigenvalue weighted by molar-refractivity contribution is -0.144. The largest absolute Gasteiger partial charge is 0.464 e. The number of para-hydroxylation sites is 1. The van der Waals surface area contributed by atoms with Crippen molar-refractivity contribution in [3.05, 3.63) is 36.0 Å². The number of hydrogen-bond acceptors (Lipinski definition) is 4. The number of anilines is 1. The Bertz CT molecular complexity index is 645. The first-order valence-electron chi connectivity index (χ1n) is 7.10. The molecule has 0 saturated carbocycles. The van der Waals surface area contributed by atoms with E-state index in [9.17, 15) is 4.79 Å². The number of fused-ring (bicyclic) bond motifs is 2. The van der Waals surface area contributed by atoms with E-state index in [-0.39, 0.29) is 24.4 Å². The Kier molecular flexibility index (Phi) is 5.02. The van der Waals surface area contributed by atoms with Gasteiger partial charge in [-0.15, -0.1) is 12.4 Å². The fourth-order valence-electron chi connectivity index (χ4n) is 2.62. The number of carbonyl (C=O) groups is 1. The molecule has 112 valence electrons. The monoisotopic (exact) mass is 306 g/mol. The Balaban J connectivity index is 0.00000161. The number of aromatic nitrogens is 1. The quantitative estimate of drug-likeness (QED) is 0.865. The molecule has 0 amide bonds. The Labute approximate surface area is 130 Å². The van der Waals surface area contributed by atoms with Crippen LogP contribution in [0.2, 0.25) is 0 Å². The SMILES string of the molecule is CCOC(=O)C1CCCc2nc3ccccc3cc2N1.Cl. The van der Waals surface area contributed by atoms with Crippen molar-refractivity contribution in [2.45, 2.75) is 32.2 Å². The third kappa shape index (κ3) is 3.27. The summed E-state index contributed by atoms with van der Waals surface area (Å²) in [5, 5.41) is 4.39. The number of nitrogens with one attached hydrogen (secondary N) is 1. The number of aryl methyl sites for hydroxylation is 1. The van der Waals surface area contributed by atoms with Crippen molar-refractivity contribution in [3.8, 4) is 0 Å². The number of rotatable bonds is 2. The van der Waals surface area contributed by atoms with E-state index in [0.29, 0.717) is 6.61 Å². The summed E-state index contributed by atoms with van der Waals surface area (Å²) in [6.07, 6.45) is 2.61. The number of hydrogen-bond donors (Lipinski definition) is 1. The fraction of sp³-hybridized carbons (Fsp3) is 0.375. The van der Waals surface area contributed by atoms with E-state index in [1.54, 1.807) is 0 Å². The molecule has 4 nitrogen and oxygen atoms in total. The summed E-state index contributed by atoms with van der Waals surface area (Å²) in [6.45, 7) is 2.25. The molecule has 1 aromatic carbocycles. The molecule has 0 aliphatic carbocycles. The van der Waals surface area contributed by atoms with Crippen molar-refractivity contribution in [1.29, 1.82) is 0 Å². The van der Waals surface area contributed by atoms with Crippen LogP contribution in [0.15, 0.2) is 30.3 Å². The van der Waals surface area contributed by atoms with E-state index in [2.05, 4.69) is 11.4 Å². The van der Waals surface area contributed by atoms with Crippen molar-refractivity contribution in [2.24, 2.45) is 0 Å². The molecule has 3 rings (SSSR count). The second-order valence-corrected chi connectivity index (χ2v) is 5.02. The zero-order valence-electron chi connectivity index (χ0n) is 12.0. The van der Waals surface area contributed by atoms with Crippen molar-refractivity contribution < 1.29 is 9.53 Å². The van der Waals surface area contributed by atoms with Crippen LogP contribution in [0, 0.1) is 0 Å². The topological polar surface area (TPSA) is 51.2 Å². The summed E-state index contributed by atoms with van der Waals surface area (Å²) in [4.78, 5) is 16.6. The average molecular weight is 307 g/mol. The van der Waals surface area contributed by atoms with Crippen LogP contribution in [0.4, 0.5) is 5.69 Å². The zero-order valence-corrected chi connectivity index (χ0v) is 12.8. The molecular weight excluding hydrogens is 288 g/mol. The highest BCUT2D eigenvalue weighted by molar-refractivity contribution is 5.86. The number of halogens is 1. The van der Waals surface area contributed by atoms with Gasteiger partial charge in [0.05, 0.1) is 23.5 Å². The first kappa shape index (κ1) is 15.6. The van der Waals surface area contributed by atoms with Gasteiger partial charge in [0.1, 0.15) is 6.04 Å². The molecule has 1 atom stereocenters. The molecule has 1 unspecified atom stereocenters. The number of benzene rings is 1. The van der Waals surface area contributed by atoms with E-state index in [0.717, 1.165) is 41.5 Å². The van der Waals surface area contributed by atoms with Gasteiger partial charge in [0.25, 0.3) is 0 Å². The van der Waals surface area contributed by atoms with Crippen LogP contribution in [0.3, 0.4) is 0 Å². The molecule has 1 aromatic heterocycles. The molecule has 5 heteroatoms. The number of nitrogens with zero attached hydrogens (tertiary/aromatic N) is 1. The van der Waals surface area contributed by atoms with E-state index in [1.165, 1.54) is 0 Å². The van der Waals surface area contributed by atoms with Gasteiger partial charge >= 0.3 is 5.97 Å². The number of esters is 1. The molecule has 0 spiro atoms. The maximum absolute atomic E-state index is 11.9. The van der Waals surface area contributed by atoms with Gasteiger partial charge in [0.15, 0.2) is 0 Å². The van der Waals surface area contributed by atoms with Gasteiger partial charge in [-0.3, -0.25) is 4.98 Å². The molecule has 0 saturated heterocycles. The predicted molar refractivity (Wildman–Crippen MR) is 86.0 cm³/mol. The summed E-state index contributed by atoms with van der Waals surface area (Å²) >= 11 is 0. The minimum Gasteiger partial charge on any atom is -0.464 e. The highest BCUT2D eigenvalue weighted by Crippen LogP contribution is 2.26. The minimum atomic E-state index is -0.265. The van der Waals surface area contributed by atoms with E-state index in [4.69, 9.17) is 9.72 Å². The van der Waals surface area contributed by atoms with Gasteiger partial charge in [-0.1, -0.05) is 18.2 Å². The molecule has 1 aliphatic rings. The zero-order chi connectivity index (χ0) is 13.9. The van der Waals surface area contributed by atoms with Gasteiger partial charge < -0.3 is 10.1 Å². The van der Waals surface area contributed by atoms with Crippen LogP contribution in [0.25, 0.3) is 10.9 Å². The van der Waals surface area contributed by atoms with E-state index in [1.807, 2.05) is 31.2 Å². The highest BCUT2D eigenvalue weighted by Gasteiger charge is 2.24. The Hall–Kier alpha value is -1.81. The van der Waals surface area contributed by atoms with Crippen molar-refractivity contribution in [3.63, 3.8) is 0 Å². The van der Waals surface area contributed by atoms with Gasteiger partial charge in [0, 0.05) is 5.39 Å². The summed E-state index contributed by atoms with van der Waals surface area (Å²) in [6, 6.07) is 9.86. The van der Waals surface area contributed by atoms with Crippen LogP contribution in [-0.4, -0.2) is 23.6 Å². The van der Waals surface area contributed by atoms with Crippen LogP contribution in [0.5, 0.6) is 0 Å². The maximum Gasteiger partial charge on any atom is 0.328 e. The van der Waals surface area contributed by atoms with Gasteiger partial charge in [-0.25, -0.2) is 4.79 Å². The lowest BCUT2D eigenvalue weighted by Gasteiger charge is -2.16. The number of carbonyl (C=O) groups excluding carboxylic acids is 1. The Morgan fingerprint density at radius 1 is 1.43 bits per heavy atom. The Morgan fingerprint density at radius 2 is 2.24 bits per heavy atom. The maximum atomic E-state index is 11.9. The molecule has 1 aliphatic heterocycles. The molecule has 2 heterocycles. The minimum absolute atomic E-state index is 0. The second-order valence-electron chi connectivity index (χ2n) is 5.02. The molecule has 21 heavy (non-hydrogen) atoms. The summed E-state index contributed by atoms with van der Waals surface area (Å²) in [5.41, 5.74) is 3.00. The predicted octanol–water partition coefficient (Wildman–Crippen LogP) is 3.34. The van der Waals surface area contributed by atoms with Gasteiger partial charge in [-0.05, 0) is 38.3 Å². The van der Waals surface area contributed by atoms with Crippen LogP contribution < -0.4 is 5.32 Å². The third-order valence-electron chi connectivity index (χ3n) is 3.61. The number of ether oxygens (including phenoxy) is 1. The molecule has 0 bridgehead atoms. The molecule has 2 aromatic rings. The Morgan fingerprint density at radius 3 is 3.05 bits per heavy atom. The van der Waals surface area contributed by atoms with Crippen LogP contribution in [-0.2, 0) is 16.0 Å². The first-order chi connectivity index (χ1) is 9.78. The van der Waals surface area contributed by atoms with Crippen molar-refractivity contribution in [1.82, 2.24) is 4.98 Å².